The maximum absolute atomic E-state index is 12.5. The van der Waals surface area contributed by atoms with E-state index in [-0.39, 0.29) is 5.91 Å². The number of anilines is 1. The van der Waals surface area contributed by atoms with Crippen LogP contribution in [0, 0.1) is 13.8 Å². The first kappa shape index (κ1) is 18.8. The Hall–Kier alpha value is -2.94. The predicted octanol–water partition coefficient (Wildman–Crippen LogP) is 1.11. The van der Waals surface area contributed by atoms with E-state index in [1.165, 1.54) is 0 Å². The van der Waals surface area contributed by atoms with Crippen LogP contribution in [0.5, 0.6) is 0 Å². The van der Waals surface area contributed by atoms with Gasteiger partial charge in [-0.15, -0.1) is 10.2 Å². The molecule has 3 heterocycles. The van der Waals surface area contributed by atoms with Crippen molar-refractivity contribution in [3.63, 3.8) is 0 Å². The highest BCUT2D eigenvalue weighted by molar-refractivity contribution is 5.92. The second-order valence-corrected chi connectivity index (χ2v) is 6.55. The molecule has 0 aromatic carbocycles. The van der Waals surface area contributed by atoms with Crippen molar-refractivity contribution < 1.29 is 18.5 Å². The van der Waals surface area contributed by atoms with Crippen LogP contribution in [0.1, 0.15) is 30.6 Å². The summed E-state index contributed by atoms with van der Waals surface area (Å²) in [5.41, 5.74) is 2.51. The zero-order valence-corrected chi connectivity index (χ0v) is 16.1. The molecule has 3 rings (SSSR count). The number of hydrogen-bond donors (Lipinski definition) is 2. The summed E-state index contributed by atoms with van der Waals surface area (Å²) in [6.45, 7) is 7.49. The van der Waals surface area contributed by atoms with Gasteiger partial charge in [-0.2, -0.15) is 5.10 Å². The Labute approximate surface area is 157 Å². The van der Waals surface area contributed by atoms with Crippen LogP contribution in [0.2, 0.25) is 0 Å². The SMILES string of the molecule is CCC[NH+](CC(=O)Nc1c(C)nn(C)c1C)Cc1nnc(-c2ccco2)o1. The van der Waals surface area contributed by atoms with Crippen molar-refractivity contribution in [2.24, 2.45) is 7.05 Å². The van der Waals surface area contributed by atoms with Crippen LogP contribution in [-0.2, 0) is 18.4 Å². The molecule has 27 heavy (non-hydrogen) atoms. The Balaban J connectivity index is 1.64. The molecule has 9 heteroatoms. The van der Waals surface area contributed by atoms with E-state index in [1.807, 2.05) is 20.9 Å². The van der Waals surface area contributed by atoms with Gasteiger partial charge in [0.25, 0.3) is 17.7 Å². The van der Waals surface area contributed by atoms with Gasteiger partial charge in [0.05, 0.1) is 29.9 Å². The number of quaternary nitrogens is 1. The number of aryl methyl sites for hydroxylation is 2. The average molecular weight is 373 g/mol. The molecule has 1 atom stereocenters. The standard InChI is InChI=1S/C18H24N6O3/c1-5-8-24(10-15(25)19-17-12(2)22-23(4)13(17)3)11-16-20-21-18(27-16)14-7-6-9-26-14/h6-7,9H,5,8,10-11H2,1-4H3,(H,19,25)/p+1. The molecule has 3 aromatic rings. The van der Waals surface area contributed by atoms with E-state index in [4.69, 9.17) is 8.83 Å². The van der Waals surface area contributed by atoms with Crippen molar-refractivity contribution >= 4 is 11.6 Å². The van der Waals surface area contributed by atoms with Crippen molar-refractivity contribution in [2.45, 2.75) is 33.7 Å². The van der Waals surface area contributed by atoms with Gasteiger partial charge in [-0.05, 0) is 32.4 Å². The van der Waals surface area contributed by atoms with Crippen molar-refractivity contribution in [1.82, 2.24) is 20.0 Å². The average Bonchev–Trinajstić information content (AvgIpc) is 3.34. The molecule has 1 amide bonds. The highest BCUT2D eigenvalue weighted by Crippen LogP contribution is 2.18. The lowest BCUT2D eigenvalue weighted by Gasteiger charge is -2.16. The van der Waals surface area contributed by atoms with Crippen molar-refractivity contribution in [2.75, 3.05) is 18.4 Å². The molecule has 2 N–H and O–H groups in total. The third-order valence-corrected chi connectivity index (χ3v) is 4.39. The number of nitrogens with one attached hydrogen (secondary N) is 2. The van der Waals surface area contributed by atoms with Gasteiger partial charge in [0.15, 0.2) is 18.8 Å². The fraction of sp³-hybridized carbons (Fsp3) is 0.444. The van der Waals surface area contributed by atoms with E-state index < -0.39 is 0 Å². The lowest BCUT2D eigenvalue weighted by atomic mass is 10.3. The number of carbonyl (C=O) groups is 1. The molecule has 3 aromatic heterocycles. The lowest BCUT2D eigenvalue weighted by molar-refractivity contribution is -0.907. The summed E-state index contributed by atoms with van der Waals surface area (Å²) in [5, 5.41) is 15.4. The summed E-state index contributed by atoms with van der Waals surface area (Å²) < 4.78 is 12.7. The monoisotopic (exact) mass is 373 g/mol. The van der Waals surface area contributed by atoms with Crippen molar-refractivity contribution in [1.29, 1.82) is 0 Å². The van der Waals surface area contributed by atoms with Gasteiger partial charge in [-0.1, -0.05) is 6.92 Å². The first-order chi connectivity index (χ1) is 13.0. The number of rotatable bonds is 8. The molecule has 1 unspecified atom stereocenters. The molecule has 0 aliphatic carbocycles. The van der Waals surface area contributed by atoms with Crippen LogP contribution in [0.15, 0.2) is 27.2 Å². The highest BCUT2D eigenvalue weighted by atomic mass is 16.4. The van der Waals surface area contributed by atoms with Crippen LogP contribution in [0.25, 0.3) is 11.7 Å². The van der Waals surface area contributed by atoms with Gasteiger partial charge in [0.2, 0.25) is 0 Å². The van der Waals surface area contributed by atoms with E-state index in [0.717, 1.165) is 34.9 Å². The molecular weight excluding hydrogens is 348 g/mol. The first-order valence-corrected chi connectivity index (χ1v) is 8.97. The first-order valence-electron chi connectivity index (χ1n) is 8.97. The number of hydrogen-bond acceptors (Lipinski definition) is 6. The summed E-state index contributed by atoms with van der Waals surface area (Å²) in [6, 6.07) is 3.53. The minimum Gasteiger partial charge on any atom is -0.459 e. The zero-order chi connectivity index (χ0) is 19.4. The van der Waals surface area contributed by atoms with Crippen molar-refractivity contribution in [3.8, 4) is 11.7 Å². The summed E-state index contributed by atoms with van der Waals surface area (Å²) in [5.74, 6) is 1.29. The summed E-state index contributed by atoms with van der Waals surface area (Å²) in [4.78, 5) is 13.6. The molecule has 0 radical (unpaired) electrons. The maximum Gasteiger partial charge on any atom is 0.283 e. The highest BCUT2D eigenvalue weighted by Gasteiger charge is 2.21. The molecule has 0 saturated carbocycles. The van der Waals surface area contributed by atoms with Gasteiger partial charge < -0.3 is 19.1 Å². The molecule has 0 saturated heterocycles. The lowest BCUT2D eigenvalue weighted by Crippen LogP contribution is -3.11. The normalized spacial score (nSPS) is 12.3. The minimum atomic E-state index is -0.0663. The second kappa shape index (κ2) is 8.17. The van der Waals surface area contributed by atoms with Crippen LogP contribution >= 0.6 is 0 Å². The smallest absolute Gasteiger partial charge is 0.283 e. The Bertz CT molecular complexity index is 896. The molecule has 0 aliphatic rings. The summed E-state index contributed by atoms with van der Waals surface area (Å²) in [7, 11) is 1.86. The van der Waals surface area contributed by atoms with Crippen LogP contribution in [0.4, 0.5) is 5.69 Å². The molecular formula is C18H25N6O3+. The van der Waals surface area contributed by atoms with Crippen LogP contribution in [0.3, 0.4) is 0 Å². The molecule has 0 aliphatic heterocycles. The Kier molecular flexibility index (Phi) is 5.70. The summed E-state index contributed by atoms with van der Waals surface area (Å²) in [6.07, 6.45) is 2.49. The molecule has 0 spiro atoms. The quantitative estimate of drug-likeness (QED) is 0.613. The number of amides is 1. The Morgan fingerprint density at radius 1 is 1.33 bits per heavy atom. The van der Waals surface area contributed by atoms with E-state index in [0.29, 0.717) is 30.6 Å². The number of carbonyl (C=O) groups excluding carboxylic acids is 1. The molecule has 0 bridgehead atoms. The second-order valence-electron chi connectivity index (χ2n) is 6.55. The van der Waals surface area contributed by atoms with Gasteiger partial charge in [-0.3, -0.25) is 9.48 Å². The van der Waals surface area contributed by atoms with Crippen LogP contribution < -0.4 is 10.2 Å². The Morgan fingerprint density at radius 2 is 2.15 bits per heavy atom. The predicted molar refractivity (Wildman–Crippen MR) is 98.0 cm³/mol. The molecule has 9 nitrogen and oxygen atoms in total. The minimum absolute atomic E-state index is 0.0663. The summed E-state index contributed by atoms with van der Waals surface area (Å²) >= 11 is 0. The molecule has 0 fully saturated rings. The zero-order valence-electron chi connectivity index (χ0n) is 16.1. The molecule has 144 valence electrons. The van der Waals surface area contributed by atoms with Gasteiger partial charge >= 0.3 is 0 Å². The third-order valence-electron chi connectivity index (χ3n) is 4.39. The van der Waals surface area contributed by atoms with E-state index in [2.05, 4.69) is 27.5 Å². The Morgan fingerprint density at radius 3 is 2.78 bits per heavy atom. The largest absolute Gasteiger partial charge is 0.459 e. The van der Waals surface area contributed by atoms with Gasteiger partial charge in [-0.25, -0.2) is 0 Å². The number of aromatic nitrogens is 4. The fourth-order valence-corrected chi connectivity index (χ4v) is 3.00. The van der Waals surface area contributed by atoms with E-state index in [9.17, 15) is 4.79 Å². The van der Waals surface area contributed by atoms with E-state index >= 15 is 0 Å². The van der Waals surface area contributed by atoms with Gasteiger partial charge in [0.1, 0.15) is 0 Å². The van der Waals surface area contributed by atoms with Crippen molar-refractivity contribution in [3.05, 3.63) is 35.7 Å². The maximum atomic E-state index is 12.5. The van der Waals surface area contributed by atoms with Gasteiger partial charge in [0, 0.05) is 7.05 Å². The third kappa shape index (κ3) is 4.43. The number of nitrogens with zero attached hydrogens (tertiary/aromatic N) is 4. The number of furan rings is 1. The topological polar surface area (TPSA) is 103 Å². The van der Waals surface area contributed by atoms with Crippen LogP contribution in [-0.4, -0.2) is 39.0 Å². The fourth-order valence-electron chi connectivity index (χ4n) is 3.00. The van der Waals surface area contributed by atoms with E-state index in [1.54, 1.807) is 23.1 Å².